The average Bonchev–Trinajstić information content (AvgIpc) is 3.20. The molecule has 0 unspecified atom stereocenters. The third-order valence-corrected chi connectivity index (χ3v) is 4.68. The summed E-state index contributed by atoms with van der Waals surface area (Å²) < 4.78 is 2.07. The van der Waals surface area contributed by atoms with Crippen molar-refractivity contribution in [1.29, 1.82) is 0 Å². The van der Waals surface area contributed by atoms with Crippen LogP contribution in [0.15, 0.2) is 54.7 Å². The van der Waals surface area contributed by atoms with Crippen molar-refractivity contribution in [2.75, 3.05) is 6.54 Å². The Bertz CT molecular complexity index is 1030. The number of carbonyl (C=O) groups is 1. The number of H-pyrrole nitrogens is 1. The molecule has 0 aliphatic rings. The van der Waals surface area contributed by atoms with E-state index in [0.29, 0.717) is 13.0 Å². The van der Waals surface area contributed by atoms with Gasteiger partial charge in [0.25, 0.3) is 0 Å². The van der Waals surface area contributed by atoms with Crippen LogP contribution in [-0.4, -0.2) is 27.0 Å². The number of aryl methyl sites for hydroxylation is 2. The fourth-order valence-corrected chi connectivity index (χ4v) is 3.41. The first kappa shape index (κ1) is 16.4. The minimum absolute atomic E-state index is 0.0611. The third kappa shape index (κ3) is 3.33. The van der Waals surface area contributed by atoms with Crippen molar-refractivity contribution in [1.82, 2.24) is 19.9 Å². The average molecular weight is 346 g/mol. The summed E-state index contributed by atoms with van der Waals surface area (Å²) in [5.74, 6) is 1.03. The number of hydrogen-bond acceptors (Lipinski definition) is 2. The highest BCUT2D eigenvalue weighted by atomic mass is 16.1. The van der Waals surface area contributed by atoms with Crippen LogP contribution in [-0.2, 0) is 24.7 Å². The molecule has 2 heterocycles. The molecule has 0 fully saturated rings. The van der Waals surface area contributed by atoms with Gasteiger partial charge in [-0.25, -0.2) is 4.98 Å². The summed E-state index contributed by atoms with van der Waals surface area (Å²) in [4.78, 5) is 20.2. The lowest BCUT2D eigenvalue weighted by molar-refractivity contribution is -0.120. The lowest BCUT2D eigenvalue weighted by atomic mass is 10.1. The number of nitrogens with one attached hydrogen (secondary N) is 2. The van der Waals surface area contributed by atoms with E-state index in [9.17, 15) is 4.79 Å². The predicted molar refractivity (Wildman–Crippen MR) is 104 cm³/mol. The standard InChI is InChI=1S/C21H22N4O/c1-25-14-15(16-7-2-5-10-19(16)25)13-21(26)22-12-6-11-20-23-17-8-3-4-9-18(17)24-20/h2-5,7-10,14H,6,11-13H2,1H3,(H,22,26)(H,23,24). The van der Waals surface area contributed by atoms with Crippen molar-refractivity contribution >= 4 is 27.8 Å². The number of aromatic nitrogens is 3. The van der Waals surface area contributed by atoms with Gasteiger partial charge in [0.1, 0.15) is 5.82 Å². The molecule has 5 heteroatoms. The molecule has 5 nitrogen and oxygen atoms in total. The molecule has 2 aromatic heterocycles. The Balaban J connectivity index is 1.30. The summed E-state index contributed by atoms with van der Waals surface area (Å²) in [5, 5.41) is 4.17. The van der Waals surface area contributed by atoms with Crippen molar-refractivity contribution in [2.24, 2.45) is 7.05 Å². The summed E-state index contributed by atoms with van der Waals surface area (Å²) in [7, 11) is 2.01. The molecule has 0 saturated carbocycles. The van der Waals surface area contributed by atoms with Crippen LogP contribution >= 0.6 is 0 Å². The monoisotopic (exact) mass is 346 g/mol. The van der Waals surface area contributed by atoms with Gasteiger partial charge in [-0.3, -0.25) is 4.79 Å². The van der Waals surface area contributed by atoms with Crippen LogP contribution in [0.5, 0.6) is 0 Å². The molecule has 0 atom stereocenters. The summed E-state index contributed by atoms with van der Waals surface area (Å²) in [6.07, 6.45) is 4.13. The molecule has 0 spiro atoms. The zero-order chi connectivity index (χ0) is 17.9. The first-order valence-electron chi connectivity index (χ1n) is 8.94. The summed E-state index contributed by atoms with van der Waals surface area (Å²) in [6, 6.07) is 16.2. The Hall–Kier alpha value is -3.08. The number of fused-ring (bicyclic) bond motifs is 2. The van der Waals surface area contributed by atoms with Crippen molar-refractivity contribution in [3.05, 3.63) is 66.1 Å². The van der Waals surface area contributed by atoms with Gasteiger partial charge in [0.2, 0.25) is 5.91 Å². The molecule has 1 amide bonds. The zero-order valence-corrected chi connectivity index (χ0v) is 14.8. The van der Waals surface area contributed by atoms with Crippen LogP contribution in [0.4, 0.5) is 0 Å². The van der Waals surface area contributed by atoms with Gasteiger partial charge < -0.3 is 14.9 Å². The van der Waals surface area contributed by atoms with Crippen LogP contribution in [0.25, 0.3) is 21.9 Å². The number of benzene rings is 2. The molecule has 2 aromatic carbocycles. The van der Waals surface area contributed by atoms with Gasteiger partial charge in [-0.15, -0.1) is 0 Å². The molecule has 0 radical (unpaired) electrons. The zero-order valence-electron chi connectivity index (χ0n) is 14.8. The Labute approximate surface area is 152 Å². The summed E-state index contributed by atoms with van der Waals surface area (Å²) in [5.41, 5.74) is 4.27. The maximum absolute atomic E-state index is 12.3. The van der Waals surface area contributed by atoms with Gasteiger partial charge in [0.15, 0.2) is 0 Å². The fourth-order valence-electron chi connectivity index (χ4n) is 3.41. The van der Waals surface area contributed by atoms with E-state index < -0.39 is 0 Å². The minimum Gasteiger partial charge on any atom is -0.356 e. The molecule has 0 aliphatic carbocycles. The van der Waals surface area contributed by atoms with Crippen LogP contribution in [0.2, 0.25) is 0 Å². The highest BCUT2D eigenvalue weighted by molar-refractivity contribution is 5.89. The van der Waals surface area contributed by atoms with Crippen LogP contribution in [0, 0.1) is 0 Å². The second kappa shape index (κ2) is 7.04. The predicted octanol–water partition coefficient (Wildman–Crippen LogP) is 3.35. The van der Waals surface area contributed by atoms with Crippen molar-refractivity contribution in [3.8, 4) is 0 Å². The minimum atomic E-state index is 0.0611. The number of carbonyl (C=O) groups excluding carboxylic acids is 1. The Kier molecular flexibility index (Phi) is 4.44. The highest BCUT2D eigenvalue weighted by Gasteiger charge is 2.10. The van der Waals surface area contributed by atoms with Crippen LogP contribution in [0.3, 0.4) is 0 Å². The van der Waals surface area contributed by atoms with E-state index in [0.717, 1.165) is 46.2 Å². The first-order valence-corrected chi connectivity index (χ1v) is 8.94. The van der Waals surface area contributed by atoms with Crippen molar-refractivity contribution in [2.45, 2.75) is 19.3 Å². The molecule has 2 N–H and O–H groups in total. The van der Waals surface area contributed by atoms with Gasteiger partial charge in [0.05, 0.1) is 17.5 Å². The molecule has 0 aliphatic heterocycles. The number of amides is 1. The molecule has 26 heavy (non-hydrogen) atoms. The Morgan fingerprint density at radius 2 is 1.96 bits per heavy atom. The van der Waals surface area contributed by atoms with Crippen molar-refractivity contribution < 1.29 is 4.79 Å². The molecule has 4 rings (SSSR count). The molecular weight excluding hydrogens is 324 g/mol. The van der Waals surface area contributed by atoms with E-state index >= 15 is 0 Å². The maximum atomic E-state index is 12.3. The quantitative estimate of drug-likeness (QED) is 0.526. The highest BCUT2D eigenvalue weighted by Crippen LogP contribution is 2.20. The van der Waals surface area contributed by atoms with E-state index in [1.54, 1.807) is 0 Å². The lowest BCUT2D eigenvalue weighted by Gasteiger charge is -2.04. The van der Waals surface area contributed by atoms with E-state index in [2.05, 4.69) is 32.0 Å². The van der Waals surface area contributed by atoms with Crippen molar-refractivity contribution in [3.63, 3.8) is 0 Å². The number of hydrogen-bond donors (Lipinski definition) is 2. The van der Waals surface area contributed by atoms with Gasteiger partial charge in [0, 0.05) is 37.1 Å². The number of rotatable bonds is 6. The number of para-hydroxylation sites is 3. The SMILES string of the molecule is Cn1cc(CC(=O)NCCCc2nc3ccccc3[nH]2)c2ccccc21. The summed E-state index contributed by atoms with van der Waals surface area (Å²) >= 11 is 0. The van der Waals surface area contributed by atoms with Gasteiger partial charge in [-0.2, -0.15) is 0 Å². The van der Waals surface area contributed by atoms with Gasteiger partial charge in [-0.05, 0) is 30.2 Å². The second-order valence-corrected chi connectivity index (χ2v) is 6.61. The largest absolute Gasteiger partial charge is 0.356 e. The van der Waals surface area contributed by atoms with Crippen LogP contribution in [0.1, 0.15) is 17.8 Å². The maximum Gasteiger partial charge on any atom is 0.224 e. The fraction of sp³-hybridized carbons (Fsp3) is 0.238. The smallest absolute Gasteiger partial charge is 0.224 e. The molecule has 132 valence electrons. The number of aromatic amines is 1. The number of imidazole rings is 1. The lowest BCUT2D eigenvalue weighted by Crippen LogP contribution is -2.26. The molecule has 0 bridgehead atoms. The normalized spacial score (nSPS) is 11.3. The Morgan fingerprint density at radius 3 is 2.85 bits per heavy atom. The topological polar surface area (TPSA) is 62.7 Å². The van der Waals surface area contributed by atoms with Gasteiger partial charge in [-0.1, -0.05) is 30.3 Å². The molecular formula is C21H22N4O. The third-order valence-electron chi connectivity index (χ3n) is 4.68. The Morgan fingerprint density at radius 1 is 1.15 bits per heavy atom. The van der Waals surface area contributed by atoms with E-state index in [1.807, 2.05) is 49.6 Å². The molecule has 0 saturated heterocycles. The van der Waals surface area contributed by atoms with E-state index in [4.69, 9.17) is 0 Å². The van der Waals surface area contributed by atoms with Gasteiger partial charge >= 0.3 is 0 Å². The summed E-state index contributed by atoms with van der Waals surface area (Å²) in [6.45, 7) is 0.653. The van der Waals surface area contributed by atoms with E-state index in [1.165, 1.54) is 0 Å². The second-order valence-electron chi connectivity index (χ2n) is 6.61. The molecule has 4 aromatic rings. The first-order chi connectivity index (χ1) is 12.7. The van der Waals surface area contributed by atoms with Crippen LogP contribution < -0.4 is 5.32 Å². The number of nitrogens with zero attached hydrogens (tertiary/aromatic N) is 2. The van der Waals surface area contributed by atoms with E-state index in [-0.39, 0.29) is 5.91 Å².